The smallest absolute Gasteiger partial charge is 0.151 e. The summed E-state index contributed by atoms with van der Waals surface area (Å²) in [6.45, 7) is 7.00. The van der Waals surface area contributed by atoms with Gasteiger partial charge in [0.15, 0.2) is 5.76 Å². The molecule has 0 bridgehead atoms. The lowest BCUT2D eigenvalue weighted by Gasteiger charge is -2.35. The highest BCUT2D eigenvalue weighted by atomic mass is 16.5. The van der Waals surface area contributed by atoms with E-state index in [0.717, 1.165) is 55.5 Å². The average molecular weight is 363 g/mol. The summed E-state index contributed by atoms with van der Waals surface area (Å²) >= 11 is 0. The topological polar surface area (TPSA) is 41.7 Å². The number of benzene rings is 2. The van der Waals surface area contributed by atoms with Crippen molar-refractivity contribution < 1.29 is 9.26 Å². The molecule has 0 unspecified atom stereocenters. The van der Waals surface area contributed by atoms with Gasteiger partial charge in [0, 0.05) is 43.5 Å². The number of hydrogen-bond acceptors (Lipinski definition) is 5. The molecule has 1 aliphatic rings. The van der Waals surface area contributed by atoms with Crippen molar-refractivity contribution >= 4 is 5.69 Å². The molecule has 3 aromatic rings. The SMILES string of the molecule is COc1ccccc1-c1cc(CN2CCN(c3cccc(C)c3)CC2)on1. The molecule has 1 saturated heterocycles. The van der Waals surface area contributed by atoms with Crippen LogP contribution in [-0.2, 0) is 6.54 Å². The minimum Gasteiger partial charge on any atom is -0.496 e. The number of methoxy groups -OCH3 is 1. The number of hydrogen-bond donors (Lipinski definition) is 0. The highest BCUT2D eigenvalue weighted by molar-refractivity contribution is 5.66. The van der Waals surface area contributed by atoms with Crippen LogP contribution < -0.4 is 9.64 Å². The van der Waals surface area contributed by atoms with Gasteiger partial charge in [0.2, 0.25) is 0 Å². The predicted molar refractivity (Wildman–Crippen MR) is 107 cm³/mol. The van der Waals surface area contributed by atoms with Crippen molar-refractivity contribution in [3.63, 3.8) is 0 Å². The number of piperazine rings is 1. The summed E-state index contributed by atoms with van der Waals surface area (Å²) in [5.41, 5.74) is 4.40. The number of para-hydroxylation sites is 1. The number of aryl methyl sites for hydroxylation is 1. The van der Waals surface area contributed by atoms with Gasteiger partial charge in [-0.05, 0) is 36.8 Å². The van der Waals surface area contributed by atoms with E-state index in [1.165, 1.54) is 11.3 Å². The van der Waals surface area contributed by atoms with E-state index in [-0.39, 0.29) is 0 Å². The molecule has 1 fully saturated rings. The average Bonchev–Trinajstić information content (AvgIpc) is 3.17. The lowest BCUT2D eigenvalue weighted by molar-refractivity contribution is 0.220. The molecule has 0 atom stereocenters. The Morgan fingerprint density at radius 1 is 1.00 bits per heavy atom. The molecule has 2 aromatic carbocycles. The molecule has 0 amide bonds. The Morgan fingerprint density at radius 3 is 2.59 bits per heavy atom. The van der Waals surface area contributed by atoms with Gasteiger partial charge in [-0.1, -0.05) is 29.4 Å². The summed E-state index contributed by atoms with van der Waals surface area (Å²) in [6, 6.07) is 18.6. The Labute approximate surface area is 160 Å². The second-order valence-corrected chi connectivity index (χ2v) is 6.98. The van der Waals surface area contributed by atoms with Crippen LogP contribution in [0.5, 0.6) is 5.75 Å². The van der Waals surface area contributed by atoms with Gasteiger partial charge in [0.25, 0.3) is 0 Å². The number of ether oxygens (including phenoxy) is 1. The van der Waals surface area contributed by atoms with Gasteiger partial charge in [-0.25, -0.2) is 0 Å². The molecule has 1 aliphatic heterocycles. The maximum atomic E-state index is 5.59. The van der Waals surface area contributed by atoms with Gasteiger partial charge < -0.3 is 14.2 Å². The van der Waals surface area contributed by atoms with E-state index in [9.17, 15) is 0 Å². The maximum Gasteiger partial charge on any atom is 0.151 e. The van der Waals surface area contributed by atoms with Crippen LogP contribution in [-0.4, -0.2) is 43.3 Å². The number of rotatable bonds is 5. The molecular weight excluding hydrogens is 338 g/mol. The summed E-state index contributed by atoms with van der Waals surface area (Å²) in [4.78, 5) is 4.86. The Kier molecular flexibility index (Phi) is 5.12. The van der Waals surface area contributed by atoms with E-state index in [2.05, 4.69) is 46.1 Å². The Bertz CT molecular complexity index is 898. The zero-order valence-electron chi connectivity index (χ0n) is 15.9. The van der Waals surface area contributed by atoms with Crippen LogP contribution in [0.3, 0.4) is 0 Å². The predicted octanol–water partition coefficient (Wildman–Crippen LogP) is 3.98. The third kappa shape index (κ3) is 3.98. The van der Waals surface area contributed by atoms with Crippen molar-refractivity contribution in [3.05, 3.63) is 65.9 Å². The Hall–Kier alpha value is -2.79. The molecule has 5 heteroatoms. The summed E-state index contributed by atoms with van der Waals surface area (Å²) < 4.78 is 11.0. The molecule has 0 N–H and O–H groups in total. The molecule has 1 aromatic heterocycles. The molecule has 27 heavy (non-hydrogen) atoms. The van der Waals surface area contributed by atoms with E-state index < -0.39 is 0 Å². The summed E-state index contributed by atoms with van der Waals surface area (Å²) in [6.07, 6.45) is 0. The number of anilines is 1. The molecule has 0 aliphatic carbocycles. The highest BCUT2D eigenvalue weighted by Gasteiger charge is 2.19. The maximum absolute atomic E-state index is 5.59. The first kappa shape index (κ1) is 17.6. The first-order valence-electron chi connectivity index (χ1n) is 9.36. The summed E-state index contributed by atoms with van der Waals surface area (Å²) in [5, 5.41) is 4.24. The Balaban J connectivity index is 1.38. The van der Waals surface area contributed by atoms with Crippen LogP contribution in [0.2, 0.25) is 0 Å². The first-order chi connectivity index (χ1) is 13.2. The highest BCUT2D eigenvalue weighted by Crippen LogP contribution is 2.29. The van der Waals surface area contributed by atoms with Crippen LogP contribution >= 0.6 is 0 Å². The van der Waals surface area contributed by atoms with Crippen molar-refractivity contribution in [2.24, 2.45) is 0 Å². The second kappa shape index (κ2) is 7.84. The van der Waals surface area contributed by atoms with Crippen molar-refractivity contribution in [1.29, 1.82) is 0 Å². The monoisotopic (exact) mass is 363 g/mol. The second-order valence-electron chi connectivity index (χ2n) is 6.98. The Morgan fingerprint density at radius 2 is 1.81 bits per heavy atom. The molecule has 0 saturated carbocycles. The van der Waals surface area contributed by atoms with Crippen LogP contribution in [0.4, 0.5) is 5.69 Å². The van der Waals surface area contributed by atoms with Crippen molar-refractivity contribution in [1.82, 2.24) is 10.1 Å². The quantitative estimate of drug-likeness (QED) is 0.686. The van der Waals surface area contributed by atoms with Gasteiger partial charge >= 0.3 is 0 Å². The van der Waals surface area contributed by atoms with Gasteiger partial charge in [0.05, 0.1) is 13.7 Å². The third-order valence-corrected chi connectivity index (χ3v) is 5.06. The van der Waals surface area contributed by atoms with Gasteiger partial charge in [-0.2, -0.15) is 0 Å². The van der Waals surface area contributed by atoms with E-state index in [1.807, 2.05) is 30.3 Å². The van der Waals surface area contributed by atoms with Crippen LogP contribution in [0.1, 0.15) is 11.3 Å². The van der Waals surface area contributed by atoms with E-state index in [4.69, 9.17) is 9.26 Å². The lowest BCUT2D eigenvalue weighted by Crippen LogP contribution is -2.45. The zero-order chi connectivity index (χ0) is 18.6. The van der Waals surface area contributed by atoms with E-state index >= 15 is 0 Å². The fourth-order valence-corrected chi connectivity index (χ4v) is 3.58. The minimum absolute atomic E-state index is 0.782. The molecular formula is C22H25N3O2. The molecule has 0 radical (unpaired) electrons. The lowest BCUT2D eigenvalue weighted by atomic mass is 10.1. The zero-order valence-corrected chi connectivity index (χ0v) is 15.9. The van der Waals surface area contributed by atoms with Crippen LogP contribution in [0.15, 0.2) is 59.1 Å². The minimum atomic E-state index is 0.782. The fourth-order valence-electron chi connectivity index (χ4n) is 3.58. The van der Waals surface area contributed by atoms with Crippen molar-refractivity contribution in [3.8, 4) is 17.0 Å². The van der Waals surface area contributed by atoms with Gasteiger partial charge in [0.1, 0.15) is 11.4 Å². The molecule has 2 heterocycles. The van der Waals surface area contributed by atoms with Crippen LogP contribution in [0.25, 0.3) is 11.3 Å². The molecule has 0 spiro atoms. The van der Waals surface area contributed by atoms with Crippen LogP contribution in [0, 0.1) is 6.92 Å². The first-order valence-corrected chi connectivity index (χ1v) is 9.36. The normalized spacial score (nSPS) is 15.1. The standard InChI is InChI=1S/C22H25N3O2/c1-17-6-5-7-18(14-17)25-12-10-24(11-13-25)16-19-15-21(23-27-19)20-8-3-4-9-22(20)26-2/h3-9,14-15H,10-13,16H2,1-2H3. The third-order valence-electron chi connectivity index (χ3n) is 5.06. The molecule has 5 nitrogen and oxygen atoms in total. The van der Waals surface area contributed by atoms with Crippen molar-refractivity contribution in [2.45, 2.75) is 13.5 Å². The largest absolute Gasteiger partial charge is 0.496 e. The van der Waals surface area contributed by atoms with E-state index in [1.54, 1.807) is 7.11 Å². The molecule has 140 valence electrons. The van der Waals surface area contributed by atoms with E-state index in [0.29, 0.717) is 0 Å². The van der Waals surface area contributed by atoms with Gasteiger partial charge in [-0.15, -0.1) is 0 Å². The summed E-state index contributed by atoms with van der Waals surface area (Å²) in [5.74, 6) is 1.70. The number of aromatic nitrogens is 1. The summed E-state index contributed by atoms with van der Waals surface area (Å²) in [7, 11) is 1.67. The number of nitrogens with zero attached hydrogens (tertiary/aromatic N) is 3. The molecule has 4 rings (SSSR count). The van der Waals surface area contributed by atoms with Gasteiger partial charge in [-0.3, -0.25) is 4.90 Å². The van der Waals surface area contributed by atoms with Crippen molar-refractivity contribution in [2.75, 3.05) is 38.2 Å². The fraction of sp³-hybridized carbons (Fsp3) is 0.318.